The molecule has 1 fully saturated rings. The Kier molecular flexibility index (Phi) is 18.2. The molecule has 0 bridgehead atoms. The number of aryl methyl sites for hydroxylation is 1. The summed E-state index contributed by atoms with van der Waals surface area (Å²) in [5, 5.41) is 12.8. The molecule has 0 saturated heterocycles. The van der Waals surface area contributed by atoms with Crippen molar-refractivity contribution in [1.82, 2.24) is 9.71 Å². The van der Waals surface area contributed by atoms with Crippen molar-refractivity contribution in [3.63, 3.8) is 0 Å². The van der Waals surface area contributed by atoms with Gasteiger partial charge >= 0.3 is 6.09 Å². The molecular formula is C50H54Cl3N5O7S. The standard InChI is InChI=1S/C50H54Cl3N5O7S/c1-3-4-5-6-7-8-9-10-11-16-27-55-66(62,63)39-24-26-41(52)44(31-39)56-48(60)47(46(59)35-22-25-40(51)42(53)30-35)65-50(61)58(37-17-12-13-18-37)38-23-21-34(33(2)28-38)29-36(32-54)49-57-43-19-14-15-20-45(43)64-49/h14-15,19-26,28-31,37,47,55H,3-13,16-18,27H2,1-2H3,(H,56,60). The molecule has 2 N–H and O–H groups in total. The number of carbonyl (C=O) groups is 3. The Balaban J connectivity index is 1.21. The third kappa shape index (κ3) is 13.2. The number of carbonyl (C=O) groups excluding carboxylic acids is 3. The largest absolute Gasteiger partial charge is 0.435 e. The van der Waals surface area contributed by atoms with Crippen molar-refractivity contribution < 1.29 is 32.0 Å². The number of sulfonamides is 1. The Hall–Kier alpha value is -5.23. The summed E-state index contributed by atoms with van der Waals surface area (Å²) in [6.45, 7) is 4.26. The van der Waals surface area contributed by atoms with E-state index in [1.165, 1.54) is 79.8 Å². The van der Waals surface area contributed by atoms with E-state index in [1.54, 1.807) is 36.4 Å². The predicted octanol–water partition coefficient (Wildman–Crippen LogP) is 13.1. The van der Waals surface area contributed by atoms with Gasteiger partial charge in [-0.25, -0.2) is 22.9 Å². The van der Waals surface area contributed by atoms with Crippen LogP contribution in [0.3, 0.4) is 0 Å². The molecule has 0 radical (unpaired) electrons. The van der Waals surface area contributed by atoms with Gasteiger partial charge in [0.25, 0.3) is 5.91 Å². The van der Waals surface area contributed by atoms with Gasteiger partial charge in [-0.2, -0.15) is 5.26 Å². The highest BCUT2D eigenvalue weighted by molar-refractivity contribution is 7.89. The van der Waals surface area contributed by atoms with Gasteiger partial charge in [-0.1, -0.05) is 131 Å². The number of para-hydroxylation sites is 2. The molecular weight excluding hydrogens is 921 g/mol. The third-order valence-electron chi connectivity index (χ3n) is 11.6. The molecule has 1 saturated carbocycles. The van der Waals surface area contributed by atoms with Crippen molar-refractivity contribution in [3.8, 4) is 6.07 Å². The molecule has 16 heteroatoms. The van der Waals surface area contributed by atoms with E-state index in [1.807, 2.05) is 19.1 Å². The highest BCUT2D eigenvalue weighted by Crippen LogP contribution is 2.33. The number of amides is 2. The van der Waals surface area contributed by atoms with E-state index < -0.39 is 33.9 Å². The summed E-state index contributed by atoms with van der Waals surface area (Å²) in [7, 11) is -4.01. The fourth-order valence-corrected chi connectivity index (χ4v) is 9.50. The van der Waals surface area contributed by atoms with Gasteiger partial charge in [0.05, 0.1) is 25.7 Å². The number of nitriles is 1. The lowest BCUT2D eigenvalue weighted by atomic mass is 10.0. The van der Waals surface area contributed by atoms with Crippen molar-refractivity contribution >= 4 is 96.7 Å². The first-order chi connectivity index (χ1) is 31.8. The Bertz CT molecular complexity index is 2680. The lowest BCUT2D eigenvalue weighted by molar-refractivity contribution is -0.122. The molecule has 1 atom stereocenters. The second-order valence-corrected chi connectivity index (χ2v) is 19.5. The minimum Gasteiger partial charge on any atom is -0.435 e. The van der Waals surface area contributed by atoms with Crippen LogP contribution in [0.1, 0.15) is 124 Å². The van der Waals surface area contributed by atoms with Crippen LogP contribution in [0.15, 0.2) is 88.2 Å². The van der Waals surface area contributed by atoms with Crippen LogP contribution in [0, 0.1) is 18.3 Å². The van der Waals surface area contributed by atoms with Crippen molar-refractivity contribution in [3.05, 3.63) is 117 Å². The lowest BCUT2D eigenvalue weighted by Gasteiger charge is -2.30. The summed E-state index contributed by atoms with van der Waals surface area (Å²) in [5.41, 5.74) is 2.98. The number of oxazole rings is 1. The summed E-state index contributed by atoms with van der Waals surface area (Å²) < 4.78 is 41.1. The zero-order valence-electron chi connectivity index (χ0n) is 37.1. The lowest BCUT2D eigenvalue weighted by Crippen LogP contribution is -2.46. The molecule has 1 aliphatic rings. The monoisotopic (exact) mass is 973 g/mol. The van der Waals surface area contributed by atoms with Crippen molar-refractivity contribution in [2.45, 2.75) is 121 Å². The van der Waals surface area contributed by atoms with Crippen LogP contribution >= 0.6 is 34.8 Å². The van der Waals surface area contributed by atoms with Crippen LogP contribution in [0.4, 0.5) is 16.2 Å². The maximum absolute atomic E-state index is 14.5. The number of aromatic nitrogens is 1. The number of ketones is 1. The quantitative estimate of drug-likeness (QED) is 0.0296. The molecule has 348 valence electrons. The molecule has 4 aromatic carbocycles. The molecule has 0 spiro atoms. The summed E-state index contributed by atoms with van der Waals surface area (Å²) in [6, 6.07) is 22.1. The number of rotatable bonds is 22. The van der Waals surface area contributed by atoms with Crippen LogP contribution in [-0.4, -0.2) is 49.9 Å². The molecule has 1 aliphatic carbocycles. The van der Waals surface area contributed by atoms with E-state index >= 15 is 0 Å². The van der Waals surface area contributed by atoms with E-state index in [0.717, 1.165) is 32.1 Å². The zero-order valence-corrected chi connectivity index (χ0v) is 40.2. The van der Waals surface area contributed by atoms with Crippen molar-refractivity contribution in [2.75, 3.05) is 16.8 Å². The number of hydrogen-bond donors (Lipinski definition) is 2. The molecule has 6 rings (SSSR count). The number of Topliss-reactive ketones (excluding diaryl/α,β-unsaturated/α-hetero) is 1. The highest BCUT2D eigenvalue weighted by Gasteiger charge is 2.37. The van der Waals surface area contributed by atoms with Gasteiger partial charge in [0.1, 0.15) is 17.2 Å². The van der Waals surface area contributed by atoms with Crippen molar-refractivity contribution in [1.29, 1.82) is 5.26 Å². The van der Waals surface area contributed by atoms with Gasteiger partial charge in [-0.15, -0.1) is 0 Å². The van der Waals surface area contributed by atoms with Gasteiger partial charge in [-0.3, -0.25) is 14.5 Å². The first kappa shape index (κ1) is 50.2. The summed E-state index contributed by atoms with van der Waals surface area (Å²) in [6.07, 6.45) is 12.6. The molecule has 1 unspecified atom stereocenters. The number of anilines is 2. The number of halogens is 3. The molecule has 1 heterocycles. The average molecular weight is 975 g/mol. The second-order valence-electron chi connectivity index (χ2n) is 16.5. The SMILES string of the molecule is CCCCCCCCCCCCNS(=O)(=O)c1ccc(Cl)c(NC(=O)C(OC(=O)N(c2ccc(C=C(C#N)c3nc4ccccc4o3)c(C)c2)C2CCCC2)C(=O)c2ccc(Cl)c(Cl)c2)c1. The Morgan fingerprint density at radius 3 is 2.23 bits per heavy atom. The highest BCUT2D eigenvalue weighted by atomic mass is 35.5. The maximum Gasteiger partial charge on any atom is 0.415 e. The summed E-state index contributed by atoms with van der Waals surface area (Å²) in [4.78, 5) is 48.7. The zero-order chi connectivity index (χ0) is 47.2. The smallest absolute Gasteiger partial charge is 0.415 e. The van der Waals surface area contributed by atoms with Gasteiger partial charge in [0, 0.05) is 23.8 Å². The van der Waals surface area contributed by atoms with Gasteiger partial charge in [0.2, 0.25) is 27.8 Å². The minimum absolute atomic E-state index is 0.0167. The molecule has 1 aromatic heterocycles. The molecule has 66 heavy (non-hydrogen) atoms. The number of unbranched alkanes of at least 4 members (excludes halogenated alkanes) is 9. The van der Waals surface area contributed by atoms with Crippen LogP contribution in [0.5, 0.6) is 0 Å². The van der Waals surface area contributed by atoms with E-state index in [0.29, 0.717) is 47.2 Å². The van der Waals surface area contributed by atoms with Gasteiger partial charge in [-0.05, 0) is 104 Å². The van der Waals surface area contributed by atoms with Gasteiger partial charge in [0.15, 0.2) is 5.58 Å². The van der Waals surface area contributed by atoms with E-state index in [4.69, 9.17) is 44.0 Å². The van der Waals surface area contributed by atoms with Crippen LogP contribution in [0.2, 0.25) is 15.1 Å². The average Bonchev–Trinajstić information content (AvgIpc) is 3.99. The number of fused-ring (bicyclic) bond motifs is 1. The molecule has 12 nitrogen and oxygen atoms in total. The Morgan fingerprint density at radius 1 is 0.879 bits per heavy atom. The van der Waals surface area contributed by atoms with Crippen LogP contribution in [0.25, 0.3) is 22.7 Å². The fraction of sp³-hybridized carbons (Fsp3) is 0.380. The van der Waals surface area contributed by atoms with E-state index in [-0.39, 0.29) is 55.3 Å². The first-order valence-electron chi connectivity index (χ1n) is 22.5. The van der Waals surface area contributed by atoms with E-state index in [9.17, 15) is 28.1 Å². The van der Waals surface area contributed by atoms with E-state index in [2.05, 4.69) is 28.0 Å². The van der Waals surface area contributed by atoms with Crippen molar-refractivity contribution in [2.24, 2.45) is 0 Å². The maximum atomic E-state index is 14.5. The third-order valence-corrected chi connectivity index (χ3v) is 14.1. The normalized spacial score (nSPS) is 13.7. The number of ether oxygens (including phenoxy) is 1. The topological polar surface area (TPSA) is 172 Å². The molecule has 2 amide bonds. The van der Waals surface area contributed by atoms with Gasteiger partial charge < -0.3 is 14.5 Å². The molecule has 5 aromatic rings. The number of nitrogens with one attached hydrogen (secondary N) is 2. The second kappa shape index (κ2) is 24.0. The number of benzene rings is 4. The summed E-state index contributed by atoms with van der Waals surface area (Å²) >= 11 is 18.9. The van der Waals surface area contributed by atoms with Crippen LogP contribution < -0.4 is 14.9 Å². The Morgan fingerprint density at radius 2 is 1.56 bits per heavy atom. The molecule has 0 aliphatic heterocycles. The first-order valence-corrected chi connectivity index (χ1v) is 25.1. The minimum atomic E-state index is -4.01. The van der Waals surface area contributed by atoms with Crippen LogP contribution in [-0.2, 0) is 19.6 Å². The fourth-order valence-electron chi connectivity index (χ4n) is 7.94. The number of nitrogens with zero attached hydrogens (tertiary/aromatic N) is 3. The number of hydrogen-bond acceptors (Lipinski definition) is 9. The summed E-state index contributed by atoms with van der Waals surface area (Å²) in [5.74, 6) is -1.83. The number of allylic oxidation sites excluding steroid dienone is 1. The Labute approximate surface area is 401 Å². The predicted molar refractivity (Wildman–Crippen MR) is 262 cm³/mol.